The van der Waals surface area contributed by atoms with Crippen LogP contribution in [-0.4, -0.2) is 59.9 Å². The van der Waals surface area contributed by atoms with Gasteiger partial charge in [0.15, 0.2) is 0 Å². The van der Waals surface area contributed by atoms with Gasteiger partial charge >= 0.3 is 0 Å². The van der Waals surface area contributed by atoms with Crippen LogP contribution in [0.5, 0.6) is 0 Å². The van der Waals surface area contributed by atoms with E-state index in [9.17, 15) is 14.0 Å². The lowest BCUT2D eigenvalue weighted by Crippen LogP contribution is -2.55. The molecule has 0 unspecified atom stereocenters. The molecule has 1 saturated carbocycles. The molecule has 3 aliphatic rings. The van der Waals surface area contributed by atoms with Crippen LogP contribution >= 0.6 is 0 Å². The number of amides is 2. The van der Waals surface area contributed by atoms with E-state index >= 15 is 0 Å². The SMILES string of the molecule is O=C1C[C@@H](N2CCN(C3CCCCC3)CC2)C(=O)N1c1ccc(F)cc1. The van der Waals surface area contributed by atoms with E-state index in [0.717, 1.165) is 26.2 Å². The van der Waals surface area contributed by atoms with Crippen LogP contribution in [-0.2, 0) is 9.59 Å². The Hall–Kier alpha value is -1.79. The Morgan fingerprint density at radius 1 is 0.846 bits per heavy atom. The molecule has 5 nitrogen and oxygen atoms in total. The average molecular weight is 359 g/mol. The standard InChI is InChI=1S/C20H26FN3O2/c21-15-6-8-17(9-7-15)24-19(25)14-18(20(24)26)23-12-10-22(11-13-23)16-4-2-1-3-5-16/h6-9,16,18H,1-5,10-14H2/t18-/m1/s1. The summed E-state index contributed by atoms with van der Waals surface area (Å²) < 4.78 is 13.1. The highest BCUT2D eigenvalue weighted by Crippen LogP contribution is 2.28. The lowest BCUT2D eigenvalue weighted by molar-refractivity contribution is -0.123. The minimum absolute atomic E-state index is 0.173. The summed E-state index contributed by atoms with van der Waals surface area (Å²) in [6.45, 7) is 3.60. The summed E-state index contributed by atoms with van der Waals surface area (Å²) >= 11 is 0. The zero-order chi connectivity index (χ0) is 18.1. The molecular formula is C20H26FN3O2. The Kier molecular flexibility index (Phi) is 5.05. The smallest absolute Gasteiger partial charge is 0.251 e. The Bertz CT molecular complexity index is 664. The molecule has 1 atom stereocenters. The van der Waals surface area contributed by atoms with Gasteiger partial charge in [0.25, 0.3) is 5.91 Å². The number of piperazine rings is 1. The van der Waals surface area contributed by atoms with Gasteiger partial charge in [0.05, 0.1) is 18.2 Å². The van der Waals surface area contributed by atoms with Crippen molar-refractivity contribution in [3.05, 3.63) is 30.1 Å². The zero-order valence-electron chi connectivity index (χ0n) is 15.1. The molecule has 1 aromatic rings. The second kappa shape index (κ2) is 7.45. The van der Waals surface area contributed by atoms with E-state index in [0.29, 0.717) is 11.7 Å². The van der Waals surface area contributed by atoms with E-state index in [2.05, 4.69) is 9.80 Å². The Morgan fingerprint density at radius 2 is 1.46 bits per heavy atom. The Morgan fingerprint density at radius 3 is 2.12 bits per heavy atom. The monoisotopic (exact) mass is 359 g/mol. The highest BCUT2D eigenvalue weighted by atomic mass is 19.1. The molecule has 2 aliphatic heterocycles. The average Bonchev–Trinajstić information content (AvgIpc) is 2.98. The van der Waals surface area contributed by atoms with Gasteiger partial charge in [-0.05, 0) is 37.1 Å². The first-order chi connectivity index (χ1) is 12.6. The predicted molar refractivity (Wildman–Crippen MR) is 97.3 cm³/mol. The first kappa shape index (κ1) is 17.6. The fourth-order valence-electron chi connectivity index (χ4n) is 4.62. The summed E-state index contributed by atoms with van der Waals surface area (Å²) in [5.41, 5.74) is 0.463. The third-order valence-electron chi connectivity index (χ3n) is 6.09. The molecule has 0 aromatic heterocycles. The van der Waals surface area contributed by atoms with Gasteiger partial charge in [0.2, 0.25) is 5.91 Å². The van der Waals surface area contributed by atoms with Crippen LogP contribution in [0.4, 0.5) is 10.1 Å². The fourth-order valence-corrected chi connectivity index (χ4v) is 4.62. The molecule has 0 radical (unpaired) electrons. The lowest BCUT2D eigenvalue weighted by atomic mass is 9.93. The first-order valence-corrected chi connectivity index (χ1v) is 9.74. The van der Waals surface area contributed by atoms with Crippen molar-refractivity contribution in [2.75, 3.05) is 31.1 Å². The number of carbonyl (C=O) groups excluding carboxylic acids is 2. The number of benzene rings is 1. The van der Waals surface area contributed by atoms with Crippen molar-refractivity contribution >= 4 is 17.5 Å². The second-order valence-electron chi connectivity index (χ2n) is 7.63. The molecule has 0 bridgehead atoms. The highest BCUT2D eigenvalue weighted by molar-refractivity contribution is 6.22. The van der Waals surface area contributed by atoms with E-state index in [1.54, 1.807) is 0 Å². The molecule has 2 saturated heterocycles. The van der Waals surface area contributed by atoms with Crippen LogP contribution in [0.15, 0.2) is 24.3 Å². The van der Waals surface area contributed by atoms with Crippen LogP contribution < -0.4 is 4.90 Å². The van der Waals surface area contributed by atoms with Crippen molar-refractivity contribution in [1.29, 1.82) is 0 Å². The number of carbonyl (C=O) groups is 2. The molecule has 26 heavy (non-hydrogen) atoms. The van der Waals surface area contributed by atoms with Crippen LogP contribution in [0.25, 0.3) is 0 Å². The van der Waals surface area contributed by atoms with Crippen molar-refractivity contribution in [3.8, 4) is 0 Å². The number of rotatable bonds is 3. The summed E-state index contributed by atoms with van der Waals surface area (Å²) in [4.78, 5) is 31.2. The number of hydrogen-bond acceptors (Lipinski definition) is 4. The minimum atomic E-state index is -0.374. The van der Waals surface area contributed by atoms with Crippen molar-refractivity contribution in [2.45, 2.75) is 50.6 Å². The number of nitrogens with zero attached hydrogens (tertiary/aromatic N) is 3. The molecule has 140 valence electrons. The summed E-state index contributed by atoms with van der Waals surface area (Å²) in [6, 6.07) is 5.88. The normalized spacial score (nSPS) is 26.7. The van der Waals surface area contributed by atoms with Gasteiger partial charge in [0.1, 0.15) is 5.82 Å². The van der Waals surface area contributed by atoms with E-state index < -0.39 is 0 Å². The maximum Gasteiger partial charge on any atom is 0.251 e. The van der Waals surface area contributed by atoms with Gasteiger partial charge in [-0.3, -0.25) is 19.4 Å². The third kappa shape index (κ3) is 3.40. The highest BCUT2D eigenvalue weighted by Gasteiger charge is 2.43. The maximum absolute atomic E-state index is 13.1. The van der Waals surface area contributed by atoms with Crippen LogP contribution in [0.2, 0.25) is 0 Å². The Balaban J connectivity index is 1.39. The molecule has 6 heteroatoms. The van der Waals surface area contributed by atoms with Gasteiger partial charge in [-0.1, -0.05) is 19.3 Å². The molecular weight excluding hydrogens is 333 g/mol. The van der Waals surface area contributed by atoms with Gasteiger partial charge in [-0.15, -0.1) is 0 Å². The number of halogens is 1. The maximum atomic E-state index is 13.1. The van der Waals surface area contributed by atoms with E-state index in [1.165, 1.54) is 61.3 Å². The predicted octanol–water partition coefficient (Wildman–Crippen LogP) is 2.41. The van der Waals surface area contributed by atoms with Gasteiger partial charge in [0, 0.05) is 32.2 Å². The molecule has 2 heterocycles. The van der Waals surface area contributed by atoms with Crippen LogP contribution in [0.3, 0.4) is 0 Å². The summed E-state index contributed by atoms with van der Waals surface area (Å²) in [7, 11) is 0. The largest absolute Gasteiger partial charge is 0.298 e. The molecule has 1 aromatic carbocycles. The molecule has 4 rings (SSSR count). The van der Waals surface area contributed by atoms with Gasteiger partial charge in [-0.25, -0.2) is 9.29 Å². The van der Waals surface area contributed by atoms with Crippen molar-refractivity contribution in [1.82, 2.24) is 9.80 Å². The van der Waals surface area contributed by atoms with E-state index in [1.807, 2.05) is 0 Å². The summed E-state index contributed by atoms with van der Waals surface area (Å²) in [5, 5.41) is 0. The molecule has 0 N–H and O–H groups in total. The van der Waals surface area contributed by atoms with E-state index in [-0.39, 0.29) is 30.1 Å². The third-order valence-corrected chi connectivity index (χ3v) is 6.09. The molecule has 3 fully saturated rings. The van der Waals surface area contributed by atoms with Crippen LogP contribution in [0.1, 0.15) is 38.5 Å². The lowest BCUT2D eigenvalue weighted by Gasteiger charge is -2.42. The Labute approximate surface area is 153 Å². The topological polar surface area (TPSA) is 43.9 Å². The number of hydrogen-bond donors (Lipinski definition) is 0. The van der Waals surface area contributed by atoms with Crippen molar-refractivity contribution in [2.24, 2.45) is 0 Å². The second-order valence-corrected chi connectivity index (χ2v) is 7.63. The number of anilines is 1. The van der Waals surface area contributed by atoms with Crippen molar-refractivity contribution < 1.29 is 14.0 Å². The minimum Gasteiger partial charge on any atom is -0.298 e. The quantitative estimate of drug-likeness (QED) is 0.778. The molecule has 2 amide bonds. The van der Waals surface area contributed by atoms with Crippen molar-refractivity contribution in [3.63, 3.8) is 0 Å². The molecule has 1 aliphatic carbocycles. The van der Waals surface area contributed by atoms with E-state index in [4.69, 9.17) is 0 Å². The van der Waals surface area contributed by atoms with Gasteiger partial charge < -0.3 is 0 Å². The van der Waals surface area contributed by atoms with Gasteiger partial charge in [-0.2, -0.15) is 0 Å². The first-order valence-electron chi connectivity index (χ1n) is 9.74. The summed E-state index contributed by atoms with van der Waals surface area (Å²) in [6.07, 6.45) is 6.81. The fraction of sp³-hybridized carbons (Fsp3) is 0.600. The zero-order valence-corrected chi connectivity index (χ0v) is 15.1. The molecule has 0 spiro atoms. The summed E-state index contributed by atoms with van der Waals surface area (Å²) in [5.74, 6) is -0.739. The van der Waals surface area contributed by atoms with Crippen LogP contribution in [0, 0.1) is 5.82 Å². The number of imide groups is 1.